The summed E-state index contributed by atoms with van der Waals surface area (Å²) in [5, 5.41) is 0. The molecule has 0 aliphatic carbocycles. The van der Waals surface area contributed by atoms with Gasteiger partial charge < -0.3 is 9.30 Å². The van der Waals surface area contributed by atoms with Gasteiger partial charge in [-0.2, -0.15) is 0 Å². The molecule has 0 fully saturated rings. The average Bonchev–Trinajstić information content (AvgIpc) is 2.96. The van der Waals surface area contributed by atoms with Gasteiger partial charge in [-0.25, -0.2) is 4.98 Å². The molecular formula is C17H15BrN2O. The topological polar surface area (TPSA) is 27.1 Å². The summed E-state index contributed by atoms with van der Waals surface area (Å²) < 4.78 is 8.48. The van der Waals surface area contributed by atoms with Crippen molar-refractivity contribution in [2.24, 2.45) is 0 Å². The molecule has 4 heteroatoms. The van der Waals surface area contributed by atoms with E-state index in [1.165, 1.54) is 5.56 Å². The summed E-state index contributed by atoms with van der Waals surface area (Å²) >= 11 is 3.46. The molecule has 0 saturated heterocycles. The van der Waals surface area contributed by atoms with Crippen molar-refractivity contribution in [1.82, 2.24) is 9.55 Å². The van der Waals surface area contributed by atoms with E-state index in [0.29, 0.717) is 0 Å². The first kappa shape index (κ1) is 13.9. The minimum absolute atomic E-state index is 0.766. The fourth-order valence-corrected chi connectivity index (χ4v) is 2.53. The molecule has 3 aromatic rings. The Hall–Kier alpha value is -2.07. The third-order valence-electron chi connectivity index (χ3n) is 3.30. The van der Waals surface area contributed by atoms with Gasteiger partial charge in [-0.15, -0.1) is 0 Å². The highest BCUT2D eigenvalue weighted by Gasteiger charge is 2.06. The van der Waals surface area contributed by atoms with Gasteiger partial charge in [0.1, 0.15) is 11.6 Å². The molecule has 106 valence electrons. The summed E-state index contributed by atoms with van der Waals surface area (Å²) in [7, 11) is 1.68. The number of imidazole rings is 1. The van der Waals surface area contributed by atoms with E-state index in [1.54, 1.807) is 7.11 Å². The van der Waals surface area contributed by atoms with Crippen LogP contribution < -0.4 is 4.74 Å². The Balaban J connectivity index is 1.90. The fourth-order valence-electron chi connectivity index (χ4n) is 2.26. The molecule has 21 heavy (non-hydrogen) atoms. The van der Waals surface area contributed by atoms with Gasteiger partial charge >= 0.3 is 0 Å². The molecule has 0 saturated carbocycles. The maximum Gasteiger partial charge on any atom is 0.140 e. The number of hydrogen-bond donors (Lipinski definition) is 0. The van der Waals surface area contributed by atoms with Gasteiger partial charge in [-0.1, -0.05) is 40.2 Å². The number of benzene rings is 2. The lowest BCUT2D eigenvalue weighted by Gasteiger charge is -2.09. The number of hydrogen-bond acceptors (Lipinski definition) is 2. The van der Waals surface area contributed by atoms with Gasteiger partial charge in [0, 0.05) is 29.0 Å². The van der Waals surface area contributed by atoms with E-state index in [0.717, 1.165) is 28.2 Å². The Kier molecular flexibility index (Phi) is 4.06. The molecule has 0 radical (unpaired) electrons. The number of halogens is 1. The molecule has 1 heterocycles. The molecule has 0 spiro atoms. The van der Waals surface area contributed by atoms with E-state index in [2.05, 4.69) is 43.7 Å². The second kappa shape index (κ2) is 6.14. The van der Waals surface area contributed by atoms with Crippen molar-refractivity contribution >= 4 is 15.9 Å². The summed E-state index contributed by atoms with van der Waals surface area (Å²) in [4.78, 5) is 4.47. The Morgan fingerprint density at radius 3 is 2.71 bits per heavy atom. The van der Waals surface area contributed by atoms with E-state index in [4.69, 9.17) is 4.74 Å². The highest BCUT2D eigenvalue weighted by atomic mass is 79.9. The Morgan fingerprint density at radius 2 is 1.95 bits per heavy atom. The smallest absolute Gasteiger partial charge is 0.140 e. The number of nitrogens with zero attached hydrogens (tertiary/aromatic N) is 2. The summed E-state index contributed by atoms with van der Waals surface area (Å²) in [5.41, 5.74) is 2.29. The van der Waals surface area contributed by atoms with E-state index >= 15 is 0 Å². The lowest BCUT2D eigenvalue weighted by Crippen LogP contribution is -2.01. The van der Waals surface area contributed by atoms with Gasteiger partial charge in [-0.05, 0) is 29.8 Å². The van der Waals surface area contributed by atoms with Crippen LogP contribution in [0.15, 0.2) is 65.4 Å². The van der Waals surface area contributed by atoms with Crippen LogP contribution in [0.2, 0.25) is 0 Å². The van der Waals surface area contributed by atoms with Crippen molar-refractivity contribution in [1.29, 1.82) is 0 Å². The second-order valence-electron chi connectivity index (χ2n) is 4.74. The molecule has 0 atom stereocenters. The van der Waals surface area contributed by atoms with Crippen LogP contribution in [0.25, 0.3) is 11.4 Å². The van der Waals surface area contributed by atoms with Crippen LogP contribution in [-0.2, 0) is 6.54 Å². The summed E-state index contributed by atoms with van der Waals surface area (Å²) in [6.07, 6.45) is 3.83. The first-order valence-electron chi connectivity index (χ1n) is 6.66. The maximum absolute atomic E-state index is 5.27. The van der Waals surface area contributed by atoms with Crippen molar-refractivity contribution in [2.75, 3.05) is 7.11 Å². The first-order chi connectivity index (χ1) is 10.3. The van der Waals surface area contributed by atoms with Gasteiger partial charge in [0.15, 0.2) is 0 Å². The standard InChI is InChI=1S/C17H15BrN2O/c1-21-16-4-2-3-13(11-16)12-20-10-9-19-17(20)14-5-7-15(18)8-6-14/h2-11H,12H2,1H3. The van der Waals surface area contributed by atoms with Gasteiger partial charge in [0.05, 0.1) is 7.11 Å². The minimum atomic E-state index is 0.766. The monoisotopic (exact) mass is 342 g/mol. The molecule has 0 unspecified atom stereocenters. The first-order valence-corrected chi connectivity index (χ1v) is 7.45. The van der Waals surface area contributed by atoms with Crippen molar-refractivity contribution in [2.45, 2.75) is 6.54 Å². The molecule has 1 aromatic heterocycles. The van der Waals surface area contributed by atoms with Crippen molar-refractivity contribution in [3.8, 4) is 17.1 Å². The number of methoxy groups -OCH3 is 1. The van der Waals surface area contributed by atoms with Gasteiger partial charge in [-0.3, -0.25) is 0 Å². The van der Waals surface area contributed by atoms with E-state index in [9.17, 15) is 0 Å². The fraction of sp³-hybridized carbons (Fsp3) is 0.118. The largest absolute Gasteiger partial charge is 0.497 e. The van der Waals surface area contributed by atoms with Gasteiger partial charge in [0.2, 0.25) is 0 Å². The Labute approximate surface area is 132 Å². The SMILES string of the molecule is COc1cccc(Cn2ccnc2-c2ccc(Br)cc2)c1. The lowest BCUT2D eigenvalue weighted by atomic mass is 10.2. The highest BCUT2D eigenvalue weighted by molar-refractivity contribution is 9.10. The lowest BCUT2D eigenvalue weighted by molar-refractivity contribution is 0.414. The average molecular weight is 343 g/mol. The summed E-state index contributed by atoms with van der Waals surface area (Å²) in [6, 6.07) is 16.3. The molecule has 0 N–H and O–H groups in total. The van der Waals surface area contributed by atoms with Crippen LogP contribution in [0.1, 0.15) is 5.56 Å². The van der Waals surface area contributed by atoms with E-state index < -0.39 is 0 Å². The number of rotatable bonds is 4. The minimum Gasteiger partial charge on any atom is -0.497 e. The molecule has 2 aromatic carbocycles. The molecule has 0 amide bonds. The quantitative estimate of drug-likeness (QED) is 0.703. The maximum atomic E-state index is 5.27. The molecule has 3 rings (SSSR count). The van der Waals surface area contributed by atoms with Crippen LogP contribution in [0.4, 0.5) is 0 Å². The molecule has 0 aliphatic heterocycles. The van der Waals surface area contributed by atoms with Crippen molar-refractivity contribution in [3.63, 3.8) is 0 Å². The predicted molar refractivity (Wildman–Crippen MR) is 87.5 cm³/mol. The summed E-state index contributed by atoms with van der Waals surface area (Å²) in [6.45, 7) is 0.766. The van der Waals surface area contributed by atoms with Crippen LogP contribution in [0, 0.1) is 0 Å². The van der Waals surface area contributed by atoms with Crippen molar-refractivity contribution in [3.05, 3.63) is 71.0 Å². The molecule has 3 nitrogen and oxygen atoms in total. The normalized spacial score (nSPS) is 10.6. The predicted octanol–water partition coefficient (Wildman–Crippen LogP) is 4.37. The molecule has 0 aliphatic rings. The van der Waals surface area contributed by atoms with Crippen LogP contribution in [0.5, 0.6) is 5.75 Å². The third-order valence-corrected chi connectivity index (χ3v) is 3.83. The van der Waals surface area contributed by atoms with Crippen LogP contribution in [-0.4, -0.2) is 16.7 Å². The van der Waals surface area contributed by atoms with Gasteiger partial charge in [0.25, 0.3) is 0 Å². The highest BCUT2D eigenvalue weighted by Crippen LogP contribution is 2.22. The van der Waals surface area contributed by atoms with E-state index in [-0.39, 0.29) is 0 Å². The Morgan fingerprint density at radius 1 is 1.14 bits per heavy atom. The number of aromatic nitrogens is 2. The van der Waals surface area contributed by atoms with E-state index in [1.807, 2.05) is 42.7 Å². The van der Waals surface area contributed by atoms with Crippen LogP contribution in [0.3, 0.4) is 0 Å². The summed E-state index contributed by atoms with van der Waals surface area (Å²) in [5.74, 6) is 1.84. The second-order valence-corrected chi connectivity index (χ2v) is 5.65. The molecular weight excluding hydrogens is 328 g/mol. The third kappa shape index (κ3) is 3.16. The zero-order valence-corrected chi connectivity index (χ0v) is 13.2. The van der Waals surface area contributed by atoms with Crippen LogP contribution >= 0.6 is 15.9 Å². The Bertz CT molecular complexity index is 735. The zero-order valence-electron chi connectivity index (χ0n) is 11.7. The van der Waals surface area contributed by atoms with Crippen molar-refractivity contribution < 1.29 is 4.74 Å². The zero-order chi connectivity index (χ0) is 14.7. The molecule has 0 bridgehead atoms. The number of ether oxygens (including phenoxy) is 1.